The van der Waals surface area contributed by atoms with E-state index in [1.54, 1.807) is 42.5 Å². The Balaban J connectivity index is 2.16. The lowest BCUT2D eigenvalue weighted by Gasteiger charge is -2.04. The number of ketones is 1. The van der Waals surface area contributed by atoms with Crippen molar-refractivity contribution in [2.45, 2.75) is 6.92 Å². The van der Waals surface area contributed by atoms with E-state index in [2.05, 4.69) is 4.98 Å². The van der Waals surface area contributed by atoms with Crippen molar-refractivity contribution in [1.29, 1.82) is 0 Å². The van der Waals surface area contributed by atoms with E-state index in [0.29, 0.717) is 26.5 Å². The Kier molecular flexibility index (Phi) is 4.11. The number of hydrogen-bond acceptors (Lipinski definition) is 3. The van der Waals surface area contributed by atoms with Gasteiger partial charge in [0.25, 0.3) is 0 Å². The average molecular weight is 348 g/mol. The SMILES string of the molecule is CC(=O)Oc1c(C(=O)c2ccc(Cl)cc2)[nH]c2cc(Cl)ccc12. The second kappa shape index (κ2) is 6.07. The Labute approximate surface area is 142 Å². The van der Waals surface area contributed by atoms with Gasteiger partial charge in [0.1, 0.15) is 5.69 Å². The van der Waals surface area contributed by atoms with Gasteiger partial charge in [0.2, 0.25) is 5.78 Å². The molecule has 0 saturated carbocycles. The number of carbonyl (C=O) groups is 2. The molecule has 116 valence electrons. The first-order valence-electron chi connectivity index (χ1n) is 6.75. The van der Waals surface area contributed by atoms with Crippen molar-refractivity contribution in [3.63, 3.8) is 0 Å². The summed E-state index contributed by atoms with van der Waals surface area (Å²) in [6.45, 7) is 1.28. The molecule has 0 aliphatic carbocycles. The van der Waals surface area contributed by atoms with Crippen molar-refractivity contribution in [1.82, 2.24) is 4.98 Å². The van der Waals surface area contributed by atoms with Gasteiger partial charge in [-0.3, -0.25) is 9.59 Å². The first-order chi connectivity index (χ1) is 11.0. The van der Waals surface area contributed by atoms with Crippen molar-refractivity contribution in [3.8, 4) is 5.75 Å². The highest BCUT2D eigenvalue weighted by atomic mass is 35.5. The zero-order valence-corrected chi connectivity index (χ0v) is 13.5. The van der Waals surface area contributed by atoms with Gasteiger partial charge in [-0.05, 0) is 42.5 Å². The highest BCUT2D eigenvalue weighted by molar-refractivity contribution is 6.31. The second-order valence-corrected chi connectivity index (χ2v) is 5.82. The van der Waals surface area contributed by atoms with E-state index in [9.17, 15) is 9.59 Å². The minimum Gasteiger partial charge on any atom is -0.424 e. The minimum atomic E-state index is -0.508. The zero-order chi connectivity index (χ0) is 16.6. The Morgan fingerprint density at radius 2 is 1.65 bits per heavy atom. The van der Waals surface area contributed by atoms with E-state index in [0.717, 1.165) is 0 Å². The monoisotopic (exact) mass is 347 g/mol. The van der Waals surface area contributed by atoms with Crippen LogP contribution in [0.4, 0.5) is 0 Å². The highest BCUT2D eigenvalue weighted by Gasteiger charge is 2.22. The third kappa shape index (κ3) is 3.09. The lowest BCUT2D eigenvalue weighted by molar-refractivity contribution is -0.131. The van der Waals surface area contributed by atoms with Crippen LogP contribution in [0.2, 0.25) is 10.0 Å². The number of nitrogens with one attached hydrogen (secondary N) is 1. The molecule has 1 heterocycles. The Hall–Kier alpha value is -2.30. The van der Waals surface area contributed by atoms with Crippen LogP contribution in [0.3, 0.4) is 0 Å². The summed E-state index contributed by atoms with van der Waals surface area (Å²) in [5.41, 5.74) is 1.24. The number of H-pyrrole nitrogens is 1. The summed E-state index contributed by atoms with van der Waals surface area (Å²) in [4.78, 5) is 27.1. The van der Waals surface area contributed by atoms with E-state index in [4.69, 9.17) is 27.9 Å². The van der Waals surface area contributed by atoms with Crippen LogP contribution < -0.4 is 4.74 Å². The first-order valence-corrected chi connectivity index (χ1v) is 7.51. The molecule has 1 N–H and O–H groups in total. The topological polar surface area (TPSA) is 59.2 Å². The molecule has 0 fully saturated rings. The maximum atomic E-state index is 12.7. The molecule has 0 amide bonds. The summed E-state index contributed by atoms with van der Waals surface area (Å²) in [5, 5.41) is 1.66. The summed E-state index contributed by atoms with van der Waals surface area (Å²) in [6.07, 6.45) is 0. The summed E-state index contributed by atoms with van der Waals surface area (Å²) < 4.78 is 5.24. The van der Waals surface area contributed by atoms with Gasteiger partial charge in [-0.1, -0.05) is 23.2 Å². The molecule has 3 aromatic rings. The molecule has 0 radical (unpaired) electrons. The number of carbonyl (C=O) groups excluding carboxylic acids is 2. The van der Waals surface area contributed by atoms with Crippen LogP contribution in [-0.2, 0) is 4.79 Å². The van der Waals surface area contributed by atoms with E-state index in [1.807, 2.05) is 0 Å². The summed E-state index contributed by atoms with van der Waals surface area (Å²) >= 11 is 11.8. The van der Waals surface area contributed by atoms with Crippen LogP contribution >= 0.6 is 23.2 Å². The molecule has 0 aliphatic heterocycles. The fourth-order valence-electron chi connectivity index (χ4n) is 2.30. The normalized spacial score (nSPS) is 10.7. The predicted molar refractivity (Wildman–Crippen MR) is 89.5 cm³/mol. The molecule has 0 aliphatic rings. The fraction of sp³-hybridized carbons (Fsp3) is 0.0588. The van der Waals surface area contributed by atoms with Crippen molar-refractivity contribution >= 4 is 45.9 Å². The van der Waals surface area contributed by atoms with Gasteiger partial charge in [-0.15, -0.1) is 0 Å². The average Bonchev–Trinajstić information content (AvgIpc) is 2.84. The number of aromatic amines is 1. The summed E-state index contributed by atoms with van der Waals surface area (Å²) in [5.74, 6) is -0.611. The number of ether oxygens (including phenoxy) is 1. The number of halogens is 2. The van der Waals surface area contributed by atoms with Crippen LogP contribution in [0.25, 0.3) is 10.9 Å². The van der Waals surface area contributed by atoms with Gasteiger partial charge < -0.3 is 9.72 Å². The van der Waals surface area contributed by atoms with E-state index >= 15 is 0 Å². The van der Waals surface area contributed by atoms with E-state index in [-0.39, 0.29) is 17.2 Å². The minimum absolute atomic E-state index is 0.194. The molecule has 6 heteroatoms. The van der Waals surface area contributed by atoms with Crippen molar-refractivity contribution in [2.24, 2.45) is 0 Å². The molecule has 0 atom stereocenters. The molecule has 0 bridgehead atoms. The maximum absolute atomic E-state index is 12.7. The molecular weight excluding hydrogens is 337 g/mol. The van der Waals surface area contributed by atoms with Crippen LogP contribution in [-0.4, -0.2) is 16.7 Å². The molecule has 3 rings (SSSR count). The van der Waals surface area contributed by atoms with Crippen LogP contribution in [0.5, 0.6) is 5.75 Å². The highest BCUT2D eigenvalue weighted by Crippen LogP contribution is 2.33. The number of hydrogen-bond donors (Lipinski definition) is 1. The number of benzene rings is 2. The number of aromatic nitrogens is 1. The fourth-order valence-corrected chi connectivity index (χ4v) is 2.60. The van der Waals surface area contributed by atoms with Gasteiger partial charge in [-0.25, -0.2) is 0 Å². The van der Waals surface area contributed by atoms with E-state index in [1.165, 1.54) is 6.92 Å². The van der Waals surface area contributed by atoms with Gasteiger partial charge >= 0.3 is 5.97 Å². The van der Waals surface area contributed by atoms with Crippen LogP contribution in [0.1, 0.15) is 23.0 Å². The van der Waals surface area contributed by atoms with Gasteiger partial charge in [-0.2, -0.15) is 0 Å². The van der Waals surface area contributed by atoms with Gasteiger partial charge in [0, 0.05) is 27.9 Å². The lowest BCUT2D eigenvalue weighted by atomic mass is 10.1. The third-order valence-corrected chi connectivity index (χ3v) is 3.78. The smallest absolute Gasteiger partial charge is 0.308 e. The lowest BCUT2D eigenvalue weighted by Crippen LogP contribution is -2.08. The van der Waals surface area contributed by atoms with Crippen molar-refractivity contribution in [2.75, 3.05) is 0 Å². The summed E-state index contributed by atoms with van der Waals surface area (Å²) in [7, 11) is 0. The van der Waals surface area contributed by atoms with Gasteiger partial charge in [0.05, 0.1) is 5.52 Å². The molecule has 0 spiro atoms. The molecule has 4 nitrogen and oxygen atoms in total. The number of esters is 1. The maximum Gasteiger partial charge on any atom is 0.308 e. The molecule has 23 heavy (non-hydrogen) atoms. The standard InChI is InChI=1S/C17H11Cl2NO3/c1-9(21)23-17-13-7-6-12(19)8-14(13)20-15(17)16(22)10-2-4-11(18)5-3-10/h2-8,20H,1H3. The molecule has 0 saturated heterocycles. The van der Waals surface area contributed by atoms with Crippen LogP contribution in [0, 0.1) is 0 Å². The second-order valence-electron chi connectivity index (χ2n) is 4.95. The molecular formula is C17H11Cl2NO3. The quantitative estimate of drug-likeness (QED) is 0.555. The molecule has 0 unspecified atom stereocenters. The number of rotatable bonds is 3. The number of fused-ring (bicyclic) bond motifs is 1. The first kappa shape index (κ1) is 15.6. The largest absolute Gasteiger partial charge is 0.424 e. The Morgan fingerprint density at radius 1 is 1.00 bits per heavy atom. The Morgan fingerprint density at radius 3 is 2.30 bits per heavy atom. The predicted octanol–water partition coefficient (Wildman–Crippen LogP) is 4.63. The summed E-state index contributed by atoms with van der Waals surface area (Å²) in [6, 6.07) is 11.5. The third-order valence-electron chi connectivity index (χ3n) is 3.29. The Bertz CT molecular complexity index is 913. The zero-order valence-electron chi connectivity index (χ0n) is 12.0. The van der Waals surface area contributed by atoms with Crippen LogP contribution in [0.15, 0.2) is 42.5 Å². The molecule has 1 aromatic heterocycles. The van der Waals surface area contributed by atoms with E-state index < -0.39 is 5.97 Å². The molecule has 2 aromatic carbocycles. The van der Waals surface area contributed by atoms with Gasteiger partial charge in [0.15, 0.2) is 5.75 Å². The van der Waals surface area contributed by atoms with Crippen molar-refractivity contribution < 1.29 is 14.3 Å². The van der Waals surface area contributed by atoms with Crippen molar-refractivity contribution in [3.05, 3.63) is 63.8 Å².